The molecule has 1 aromatic rings. The highest BCUT2D eigenvalue weighted by Crippen LogP contribution is 2.34. The molecule has 0 unspecified atom stereocenters. The fourth-order valence-electron chi connectivity index (χ4n) is 1.79. The minimum atomic E-state index is -1.04. The van der Waals surface area contributed by atoms with Gasteiger partial charge in [-0.25, -0.2) is 8.78 Å². The molecular formula is C12H8ClF2NO2. The molecule has 1 aliphatic rings. The van der Waals surface area contributed by atoms with Crippen LogP contribution in [-0.2, 0) is 4.79 Å². The Morgan fingerprint density at radius 3 is 2.56 bits per heavy atom. The second-order valence-electron chi connectivity index (χ2n) is 3.93. The summed E-state index contributed by atoms with van der Waals surface area (Å²) in [4.78, 5) is 24.2. The molecule has 1 heterocycles. The molecule has 0 atom stereocenters. The van der Waals surface area contributed by atoms with Crippen molar-refractivity contribution in [2.45, 2.75) is 6.92 Å². The van der Waals surface area contributed by atoms with Crippen LogP contribution < -0.4 is 4.90 Å². The summed E-state index contributed by atoms with van der Waals surface area (Å²) in [6.45, 7) is 1.56. The van der Waals surface area contributed by atoms with E-state index in [4.69, 9.17) is 11.6 Å². The minimum absolute atomic E-state index is 0.0541. The van der Waals surface area contributed by atoms with Gasteiger partial charge in [0, 0.05) is 12.1 Å². The predicted octanol–water partition coefficient (Wildman–Crippen LogP) is 2.64. The average molecular weight is 272 g/mol. The molecule has 0 radical (unpaired) electrons. The highest BCUT2D eigenvalue weighted by atomic mass is 35.5. The number of fused-ring (bicyclic) bond motifs is 1. The van der Waals surface area contributed by atoms with Crippen LogP contribution in [0.4, 0.5) is 14.5 Å². The van der Waals surface area contributed by atoms with Gasteiger partial charge >= 0.3 is 0 Å². The van der Waals surface area contributed by atoms with Gasteiger partial charge in [0.15, 0.2) is 0 Å². The summed E-state index contributed by atoms with van der Waals surface area (Å²) in [6.07, 6.45) is 0. The molecular weight excluding hydrogens is 264 g/mol. The largest absolute Gasteiger partial charge is 0.299 e. The molecule has 18 heavy (non-hydrogen) atoms. The fraction of sp³-hybridized carbons (Fsp3) is 0.167. The van der Waals surface area contributed by atoms with E-state index in [1.54, 1.807) is 6.92 Å². The standard InChI is InChI=1S/C12H8ClF2NO2/c1-6(4-13)5-16-10-8(15)3-2-7(14)9(10)11(17)12(16)18/h2-4H,5H2,1H3/b6-4-. The Morgan fingerprint density at radius 2 is 1.94 bits per heavy atom. The van der Waals surface area contributed by atoms with Gasteiger partial charge in [-0.15, -0.1) is 0 Å². The van der Waals surface area contributed by atoms with Crippen LogP contribution in [0.25, 0.3) is 0 Å². The lowest BCUT2D eigenvalue weighted by molar-refractivity contribution is -0.114. The van der Waals surface area contributed by atoms with Crippen molar-refractivity contribution in [3.63, 3.8) is 0 Å². The number of halogens is 3. The molecule has 0 bridgehead atoms. The van der Waals surface area contributed by atoms with Crippen LogP contribution >= 0.6 is 11.6 Å². The summed E-state index contributed by atoms with van der Waals surface area (Å²) in [6, 6.07) is 1.71. The second-order valence-corrected chi connectivity index (χ2v) is 4.15. The summed E-state index contributed by atoms with van der Waals surface area (Å²) >= 11 is 5.46. The zero-order valence-electron chi connectivity index (χ0n) is 9.34. The first-order valence-corrected chi connectivity index (χ1v) is 5.51. The van der Waals surface area contributed by atoms with Crippen molar-refractivity contribution in [3.8, 4) is 0 Å². The van der Waals surface area contributed by atoms with Crippen molar-refractivity contribution in [1.29, 1.82) is 0 Å². The normalized spacial score (nSPS) is 15.3. The molecule has 1 aliphatic heterocycles. The van der Waals surface area contributed by atoms with Crippen molar-refractivity contribution in [3.05, 3.63) is 40.4 Å². The predicted molar refractivity (Wildman–Crippen MR) is 62.7 cm³/mol. The molecule has 0 N–H and O–H groups in total. The molecule has 0 aromatic heterocycles. The number of hydrogen-bond acceptors (Lipinski definition) is 2. The summed E-state index contributed by atoms with van der Waals surface area (Å²) < 4.78 is 27.1. The van der Waals surface area contributed by atoms with Crippen LogP contribution in [0.3, 0.4) is 0 Å². The highest BCUT2D eigenvalue weighted by Gasteiger charge is 2.40. The first-order valence-electron chi connectivity index (χ1n) is 5.07. The van der Waals surface area contributed by atoms with E-state index in [1.165, 1.54) is 5.54 Å². The molecule has 0 saturated heterocycles. The number of ketones is 1. The van der Waals surface area contributed by atoms with Gasteiger partial charge in [-0.3, -0.25) is 14.5 Å². The Labute approximate surface area is 107 Å². The van der Waals surface area contributed by atoms with E-state index in [2.05, 4.69) is 0 Å². The number of carbonyl (C=O) groups excluding carboxylic acids is 2. The van der Waals surface area contributed by atoms with Crippen LogP contribution in [0.2, 0.25) is 0 Å². The van der Waals surface area contributed by atoms with Crippen molar-refractivity contribution >= 4 is 29.0 Å². The maximum Gasteiger partial charge on any atom is 0.299 e. The fourth-order valence-corrected chi connectivity index (χ4v) is 1.86. The van der Waals surface area contributed by atoms with Gasteiger partial charge in [-0.05, 0) is 24.6 Å². The third kappa shape index (κ3) is 1.80. The first kappa shape index (κ1) is 12.7. The van der Waals surface area contributed by atoms with Gasteiger partial charge in [0.1, 0.15) is 11.6 Å². The first-order chi connectivity index (χ1) is 8.47. The quantitative estimate of drug-likeness (QED) is 0.776. The van der Waals surface area contributed by atoms with Crippen LogP contribution in [0.1, 0.15) is 17.3 Å². The molecule has 2 rings (SSSR count). The van der Waals surface area contributed by atoms with Crippen molar-refractivity contribution < 1.29 is 18.4 Å². The third-order valence-corrected chi connectivity index (χ3v) is 2.98. The van der Waals surface area contributed by atoms with Crippen molar-refractivity contribution in [2.75, 3.05) is 11.4 Å². The Hall–Kier alpha value is -1.75. The van der Waals surface area contributed by atoms with Gasteiger partial charge in [0.05, 0.1) is 11.3 Å². The summed E-state index contributed by atoms with van der Waals surface area (Å²) in [5, 5.41) is 0. The minimum Gasteiger partial charge on any atom is -0.298 e. The van der Waals surface area contributed by atoms with Crippen LogP contribution in [0.15, 0.2) is 23.2 Å². The monoisotopic (exact) mass is 271 g/mol. The van der Waals surface area contributed by atoms with Gasteiger partial charge < -0.3 is 0 Å². The number of rotatable bonds is 2. The van der Waals surface area contributed by atoms with E-state index < -0.39 is 28.9 Å². The summed E-state index contributed by atoms with van der Waals surface area (Å²) in [7, 11) is 0. The van der Waals surface area contributed by atoms with Crippen molar-refractivity contribution in [1.82, 2.24) is 0 Å². The maximum atomic E-state index is 13.7. The van der Waals surface area contributed by atoms with Gasteiger partial charge in [0.25, 0.3) is 11.7 Å². The number of Topliss-reactive ketones (excluding diaryl/α,β-unsaturated/α-hetero) is 1. The van der Waals surface area contributed by atoms with E-state index in [-0.39, 0.29) is 12.2 Å². The molecule has 0 spiro atoms. The lowest BCUT2D eigenvalue weighted by Crippen LogP contribution is -2.31. The zero-order valence-corrected chi connectivity index (χ0v) is 10.1. The molecule has 0 fully saturated rings. The van der Waals surface area contributed by atoms with Crippen LogP contribution in [0, 0.1) is 11.6 Å². The van der Waals surface area contributed by atoms with E-state index in [0.29, 0.717) is 5.57 Å². The van der Waals surface area contributed by atoms with E-state index in [9.17, 15) is 18.4 Å². The topological polar surface area (TPSA) is 37.4 Å². The molecule has 0 saturated carbocycles. The summed E-state index contributed by atoms with van der Waals surface area (Å²) in [5.74, 6) is -3.70. The van der Waals surface area contributed by atoms with Crippen molar-refractivity contribution in [2.24, 2.45) is 0 Å². The molecule has 6 heteroatoms. The Balaban J connectivity index is 2.58. The Morgan fingerprint density at radius 1 is 1.33 bits per heavy atom. The molecule has 1 amide bonds. The molecule has 0 aliphatic carbocycles. The number of amides is 1. The number of carbonyl (C=O) groups is 2. The Kier molecular flexibility index (Phi) is 3.17. The molecule has 94 valence electrons. The lowest BCUT2D eigenvalue weighted by Gasteiger charge is -2.16. The molecule has 1 aromatic carbocycles. The number of benzene rings is 1. The second kappa shape index (κ2) is 4.49. The van der Waals surface area contributed by atoms with E-state index >= 15 is 0 Å². The Bertz CT molecular complexity index is 584. The number of hydrogen-bond donors (Lipinski definition) is 0. The highest BCUT2D eigenvalue weighted by molar-refractivity contribution is 6.52. The number of anilines is 1. The van der Waals surface area contributed by atoms with Gasteiger partial charge in [-0.2, -0.15) is 0 Å². The average Bonchev–Trinajstić information content (AvgIpc) is 2.60. The van der Waals surface area contributed by atoms with Gasteiger partial charge in [-0.1, -0.05) is 11.6 Å². The number of nitrogens with zero attached hydrogens (tertiary/aromatic N) is 1. The van der Waals surface area contributed by atoms with E-state index in [1.807, 2.05) is 0 Å². The molecule has 3 nitrogen and oxygen atoms in total. The smallest absolute Gasteiger partial charge is 0.298 e. The van der Waals surface area contributed by atoms with Gasteiger partial charge in [0.2, 0.25) is 0 Å². The van der Waals surface area contributed by atoms with E-state index in [0.717, 1.165) is 17.0 Å². The third-order valence-electron chi connectivity index (χ3n) is 2.61. The maximum absolute atomic E-state index is 13.7. The SMILES string of the molecule is C/C(=C/Cl)CN1C(=O)C(=O)c2c(F)ccc(F)c21. The zero-order chi connectivity index (χ0) is 13.4. The van der Waals surface area contributed by atoms with Crippen LogP contribution in [0.5, 0.6) is 0 Å². The summed E-state index contributed by atoms with van der Waals surface area (Å²) in [5.41, 5.74) is 0.937. The van der Waals surface area contributed by atoms with Crippen LogP contribution in [-0.4, -0.2) is 18.2 Å². The lowest BCUT2D eigenvalue weighted by atomic mass is 10.1.